The monoisotopic (exact) mass is 460 g/mol. The Labute approximate surface area is 194 Å². The van der Waals surface area contributed by atoms with Crippen molar-refractivity contribution in [2.45, 2.75) is 19.4 Å². The fraction of sp³-hybridized carbons (Fsp3) is 0.115. The second kappa shape index (κ2) is 8.37. The number of nitrogens with zero attached hydrogens (tertiary/aromatic N) is 3. The first kappa shape index (κ1) is 21.2. The van der Waals surface area contributed by atoms with Gasteiger partial charge in [0.25, 0.3) is 0 Å². The van der Waals surface area contributed by atoms with Gasteiger partial charge in [-0.2, -0.15) is 0 Å². The summed E-state index contributed by atoms with van der Waals surface area (Å²) in [6.45, 7) is 2.20. The molecule has 1 aliphatic rings. The predicted octanol–water partition coefficient (Wildman–Crippen LogP) is 6.16. The number of rotatable bonds is 3. The largest absolute Gasteiger partial charge is 0.399 e. The first-order valence-corrected chi connectivity index (χ1v) is 10.8. The highest BCUT2D eigenvalue weighted by molar-refractivity contribution is 6.31. The van der Waals surface area contributed by atoms with Crippen LogP contribution in [0, 0.1) is 11.6 Å². The molecule has 2 N–H and O–H groups in total. The van der Waals surface area contributed by atoms with Gasteiger partial charge in [0.05, 0.1) is 23.5 Å². The number of nitrogen functional groups attached to an aromatic ring is 1. The van der Waals surface area contributed by atoms with Crippen molar-refractivity contribution >= 4 is 23.0 Å². The molecule has 0 saturated carbocycles. The second-order valence-corrected chi connectivity index (χ2v) is 8.38. The molecule has 0 amide bonds. The van der Waals surface area contributed by atoms with E-state index < -0.39 is 11.6 Å². The van der Waals surface area contributed by atoms with Gasteiger partial charge in [-0.15, -0.1) is 0 Å². The standard InChI is InChI=1S/C26H19ClF2N4/c1-14(15-5-8-18(30)9-6-15)26-32-13-16-12-31-25(23-21(28)3-2-4-22(23)29)20-11-17(27)7-10-19(20)24(16)33-26/h2-11,13-14H,12,30H2,1H3. The molecule has 3 aromatic carbocycles. The van der Waals surface area contributed by atoms with E-state index in [1.807, 2.05) is 31.2 Å². The van der Waals surface area contributed by atoms with Gasteiger partial charge in [-0.25, -0.2) is 18.7 Å². The maximum Gasteiger partial charge on any atom is 0.136 e. The molecule has 4 nitrogen and oxygen atoms in total. The highest BCUT2D eigenvalue weighted by atomic mass is 35.5. The number of anilines is 1. The van der Waals surface area contributed by atoms with Gasteiger partial charge in [-0.05, 0) is 42.0 Å². The lowest BCUT2D eigenvalue weighted by atomic mass is 9.94. The molecule has 0 radical (unpaired) electrons. The van der Waals surface area contributed by atoms with Gasteiger partial charge in [-0.3, -0.25) is 4.99 Å². The third-order valence-electron chi connectivity index (χ3n) is 5.81. The van der Waals surface area contributed by atoms with Crippen molar-refractivity contribution in [3.63, 3.8) is 0 Å². The quantitative estimate of drug-likeness (QED) is 0.372. The zero-order valence-electron chi connectivity index (χ0n) is 17.7. The summed E-state index contributed by atoms with van der Waals surface area (Å²) >= 11 is 6.28. The number of nitrogens with two attached hydrogens (primary N) is 1. The van der Waals surface area contributed by atoms with Crippen LogP contribution in [0.1, 0.15) is 40.9 Å². The Morgan fingerprint density at radius 3 is 2.42 bits per heavy atom. The van der Waals surface area contributed by atoms with Gasteiger partial charge < -0.3 is 5.73 Å². The summed E-state index contributed by atoms with van der Waals surface area (Å²) in [7, 11) is 0. The molecule has 0 aliphatic carbocycles. The van der Waals surface area contributed by atoms with Crippen molar-refractivity contribution in [2.75, 3.05) is 5.73 Å². The van der Waals surface area contributed by atoms with Crippen LogP contribution < -0.4 is 5.73 Å². The van der Waals surface area contributed by atoms with E-state index in [1.165, 1.54) is 18.2 Å². The first-order chi connectivity index (χ1) is 15.9. The third-order valence-corrected chi connectivity index (χ3v) is 6.04. The Morgan fingerprint density at radius 2 is 1.70 bits per heavy atom. The fourth-order valence-corrected chi connectivity index (χ4v) is 4.19. The Morgan fingerprint density at radius 1 is 0.970 bits per heavy atom. The van der Waals surface area contributed by atoms with E-state index in [9.17, 15) is 8.78 Å². The molecule has 0 spiro atoms. The number of halogens is 3. The van der Waals surface area contributed by atoms with E-state index >= 15 is 0 Å². The van der Waals surface area contributed by atoms with E-state index in [0.717, 1.165) is 11.1 Å². The maximum atomic E-state index is 14.7. The van der Waals surface area contributed by atoms with Crippen LogP contribution in [-0.2, 0) is 6.54 Å². The summed E-state index contributed by atoms with van der Waals surface area (Å²) in [4.78, 5) is 14.0. The molecule has 1 unspecified atom stereocenters. The van der Waals surface area contributed by atoms with Crippen molar-refractivity contribution in [3.8, 4) is 11.3 Å². The molecule has 5 rings (SSSR count). The van der Waals surface area contributed by atoms with Crippen molar-refractivity contribution < 1.29 is 8.78 Å². The molecule has 4 aromatic rings. The fourth-order valence-electron chi connectivity index (χ4n) is 4.02. The van der Waals surface area contributed by atoms with Crippen molar-refractivity contribution in [2.24, 2.45) is 4.99 Å². The second-order valence-electron chi connectivity index (χ2n) is 7.94. The summed E-state index contributed by atoms with van der Waals surface area (Å²) in [5.74, 6) is -0.831. The van der Waals surface area contributed by atoms with Crippen LogP contribution in [-0.4, -0.2) is 15.7 Å². The lowest BCUT2D eigenvalue weighted by molar-refractivity contribution is 0.579. The number of aliphatic imine (C=N–C) groups is 1. The van der Waals surface area contributed by atoms with Crippen molar-refractivity contribution in [3.05, 3.63) is 112 Å². The Bertz CT molecular complexity index is 1380. The maximum absolute atomic E-state index is 14.7. The lowest BCUT2D eigenvalue weighted by Gasteiger charge is -2.15. The number of hydrogen-bond donors (Lipinski definition) is 1. The number of fused-ring (bicyclic) bond motifs is 3. The number of hydrogen-bond acceptors (Lipinski definition) is 4. The summed E-state index contributed by atoms with van der Waals surface area (Å²) in [6.07, 6.45) is 1.73. The minimum absolute atomic E-state index is 0.0840. The van der Waals surface area contributed by atoms with E-state index in [-0.39, 0.29) is 23.7 Å². The molecule has 0 fully saturated rings. The van der Waals surface area contributed by atoms with Gasteiger partial charge in [0.2, 0.25) is 0 Å². The van der Waals surface area contributed by atoms with Crippen LogP contribution in [0.3, 0.4) is 0 Å². The van der Waals surface area contributed by atoms with Crippen LogP contribution in [0.4, 0.5) is 14.5 Å². The third kappa shape index (κ3) is 3.87. The van der Waals surface area contributed by atoms with E-state index in [2.05, 4.69) is 9.98 Å². The Balaban J connectivity index is 1.67. The molecule has 7 heteroatoms. The average molecular weight is 461 g/mol. The first-order valence-electron chi connectivity index (χ1n) is 10.4. The van der Waals surface area contributed by atoms with Crippen molar-refractivity contribution in [1.82, 2.24) is 9.97 Å². The SMILES string of the molecule is CC(c1ccc(N)cc1)c1ncc2c(n1)-c1ccc(Cl)cc1C(c1c(F)cccc1F)=NC2. The van der Waals surface area contributed by atoms with Gasteiger partial charge in [0.15, 0.2) is 0 Å². The summed E-state index contributed by atoms with van der Waals surface area (Å²) in [6, 6.07) is 16.6. The highest BCUT2D eigenvalue weighted by Crippen LogP contribution is 2.35. The van der Waals surface area contributed by atoms with Crippen LogP contribution in [0.15, 0.2) is 71.9 Å². The number of benzene rings is 3. The van der Waals surface area contributed by atoms with Crippen LogP contribution in [0.25, 0.3) is 11.3 Å². The minimum atomic E-state index is -0.686. The van der Waals surface area contributed by atoms with E-state index in [1.54, 1.807) is 24.4 Å². The van der Waals surface area contributed by atoms with Crippen LogP contribution in [0.5, 0.6) is 0 Å². The molecular weight excluding hydrogens is 442 g/mol. The predicted molar refractivity (Wildman–Crippen MR) is 127 cm³/mol. The lowest BCUT2D eigenvalue weighted by Crippen LogP contribution is -2.10. The molecule has 164 valence electrons. The molecule has 0 saturated heterocycles. The zero-order chi connectivity index (χ0) is 23.1. The Kier molecular flexibility index (Phi) is 5.38. The normalized spacial score (nSPS) is 13.5. The minimum Gasteiger partial charge on any atom is -0.399 e. The summed E-state index contributed by atoms with van der Waals surface area (Å²) < 4.78 is 29.4. The van der Waals surface area contributed by atoms with E-state index in [0.29, 0.717) is 33.4 Å². The van der Waals surface area contributed by atoms with Gasteiger partial charge in [0, 0.05) is 39.5 Å². The molecule has 1 atom stereocenters. The summed E-state index contributed by atoms with van der Waals surface area (Å²) in [5.41, 5.74) is 10.2. The van der Waals surface area contributed by atoms with Gasteiger partial charge in [0.1, 0.15) is 17.5 Å². The molecule has 1 aromatic heterocycles. The summed E-state index contributed by atoms with van der Waals surface area (Å²) in [5, 5.41) is 0.436. The molecule has 1 aliphatic heterocycles. The molecule has 0 bridgehead atoms. The topological polar surface area (TPSA) is 64.2 Å². The van der Waals surface area contributed by atoms with Crippen molar-refractivity contribution in [1.29, 1.82) is 0 Å². The van der Waals surface area contributed by atoms with Crippen LogP contribution in [0.2, 0.25) is 5.02 Å². The number of aromatic nitrogens is 2. The molecule has 2 heterocycles. The van der Waals surface area contributed by atoms with E-state index in [4.69, 9.17) is 22.3 Å². The highest BCUT2D eigenvalue weighted by Gasteiger charge is 2.26. The van der Waals surface area contributed by atoms with Crippen LogP contribution >= 0.6 is 11.6 Å². The molecule has 33 heavy (non-hydrogen) atoms. The van der Waals surface area contributed by atoms with Gasteiger partial charge in [-0.1, -0.05) is 42.8 Å². The zero-order valence-corrected chi connectivity index (χ0v) is 18.4. The smallest absolute Gasteiger partial charge is 0.136 e. The average Bonchev–Trinajstić information content (AvgIpc) is 2.95. The van der Waals surface area contributed by atoms with Gasteiger partial charge >= 0.3 is 0 Å². The Hall–Kier alpha value is -3.64. The molecular formula is C26H19ClF2N4.